The van der Waals surface area contributed by atoms with E-state index in [4.69, 9.17) is 4.98 Å². The topological polar surface area (TPSA) is 86.8 Å². The van der Waals surface area contributed by atoms with Crippen LogP contribution < -0.4 is 15.8 Å². The van der Waals surface area contributed by atoms with E-state index < -0.39 is 0 Å². The zero-order valence-electron chi connectivity index (χ0n) is 17.3. The van der Waals surface area contributed by atoms with Gasteiger partial charge in [-0.3, -0.25) is 4.79 Å². The van der Waals surface area contributed by atoms with E-state index in [1.807, 2.05) is 12.3 Å². The summed E-state index contributed by atoms with van der Waals surface area (Å²) in [6.45, 7) is 10.9. The number of H-pyrrole nitrogens is 1. The number of fused-ring (bicyclic) bond motifs is 2. The summed E-state index contributed by atoms with van der Waals surface area (Å²) in [7, 11) is 0. The predicted molar refractivity (Wildman–Crippen MR) is 111 cm³/mol. The zero-order chi connectivity index (χ0) is 19.9. The van der Waals surface area contributed by atoms with Crippen molar-refractivity contribution in [1.82, 2.24) is 19.9 Å². The normalized spacial score (nSPS) is 21.8. The fraction of sp³-hybridized carbons (Fsp3) is 0.619. The molecule has 1 spiro atoms. The molecule has 0 radical (unpaired) electrons. The summed E-state index contributed by atoms with van der Waals surface area (Å²) >= 11 is 0. The maximum absolute atomic E-state index is 12.7. The lowest BCUT2D eigenvalue weighted by Gasteiger charge is -2.40. The van der Waals surface area contributed by atoms with E-state index in [0.29, 0.717) is 0 Å². The lowest BCUT2D eigenvalue weighted by molar-refractivity contribution is 0.330. The number of nitrogens with zero attached hydrogens (tertiary/aromatic N) is 4. The van der Waals surface area contributed by atoms with Crippen LogP contribution in [0.25, 0.3) is 0 Å². The highest BCUT2D eigenvalue weighted by Gasteiger charge is 2.45. The van der Waals surface area contributed by atoms with Gasteiger partial charge in [0.1, 0.15) is 11.6 Å². The van der Waals surface area contributed by atoms with Gasteiger partial charge in [-0.2, -0.15) is 4.98 Å². The van der Waals surface area contributed by atoms with E-state index in [1.165, 1.54) is 0 Å². The molecular formula is C21H30N6O. The molecule has 4 rings (SSSR count). The van der Waals surface area contributed by atoms with Gasteiger partial charge in [0.15, 0.2) is 0 Å². The fourth-order valence-corrected chi connectivity index (χ4v) is 4.49. The van der Waals surface area contributed by atoms with Gasteiger partial charge >= 0.3 is 0 Å². The highest BCUT2D eigenvalue weighted by molar-refractivity contribution is 5.44. The van der Waals surface area contributed by atoms with Gasteiger partial charge in [-0.25, -0.2) is 9.97 Å². The van der Waals surface area contributed by atoms with Gasteiger partial charge in [-0.1, -0.05) is 20.8 Å². The van der Waals surface area contributed by atoms with E-state index in [-0.39, 0.29) is 16.4 Å². The number of aromatic amines is 1. The molecule has 2 aliphatic rings. The summed E-state index contributed by atoms with van der Waals surface area (Å²) in [4.78, 5) is 32.2. The Labute approximate surface area is 166 Å². The summed E-state index contributed by atoms with van der Waals surface area (Å²) in [5, 5.41) is 3.26. The highest BCUT2D eigenvalue weighted by Crippen LogP contribution is 2.44. The lowest BCUT2D eigenvalue weighted by Crippen LogP contribution is -2.46. The van der Waals surface area contributed by atoms with E-state index in [9.17, 15) is 4.79 Å². The third kappa shape index (κ3) is 3.27. The molecule has 150 valence electrons. The molecule has 2 aromatic heterocycles. The maximum Gasteiger partial charge on any atom is 0.254 e. The number of anilines is 2. The van der Waals surface area contributed by atoms with Gasteiger partial charge in [0.2, 0.25) is 5.95 Å². The third-order valence-corrected chi connectivity index (χ3v) is 5.94. The van der Waals surface area contributed by atoms with Crippen molar-refractivity contribution < 1.29 is 0 Å². The minimum Gasteiger partial charge on any atom is -0.370 e. The Morgan fingerprint density at radius 3 is 2.86 bits per heavy atom. The molecule has 2 N–H and O–H groups in total. The van der Waals surface area contributed by atoms with Crippen LogP contribution in [0.1, 0.15) is 64.0 Å². The Kier molecular flexibility index (Phi) is 4.63. The smallest absolute Gasteiger partial charge is 0.254 e. The molecule has 1 atom stereocenters. The summed E-state index contributed by atoms with van der Waals surface area (Å²) < 4.78 is 0. The molecule has 0 bridgehead atoms. The molecule has 0 saturated carbocycles. The molecule has 1 aliphatic heterocycles. The van der Waals surface area contributed by atoms with Gasteiger partial charge in [-0.15, -0.1) is 0 Å². The van der Waals surface area contributed by atoms with E-state index >= 15 is 0 Å². The van der Waals surface area contributed by atoms with Gasteiger partial charge in [0.25, 0.3) is 5.56 Å². The van der Waals surface area contributed by atoms with Gasteiger partial charge in [-0.05, 0) is 38.7 Å². The van der Waals surface area contributed by atoms with E-state index in [0.717, 1.165) is 74.2 Å². The quantitative estimate of drug-likeness (QED) is 0.849. The Balaban J connectivity index is 1.70. The molecule has 0 amide bonds. The molecule has 7 nitrogen and oxygen atoms in total. The number of piperidine rings is 1. The van der Waals surface area contributed by atoms with Crippen molar-refractivity contribution in [2.75, 3.05) is 29.9 Å². The molecule has 1 fully saturated rings. The first-order chi connectivity index (χ1) is 13.3. The number of hydrogen-bond donors (Lipinski definition) is 2. The number of nitrogens with one attached hydrogen (secondary N) is 2. The Morgan fingerprint density at radius 1 is 1.29 bits per heavy atom. The summed E-state index contributed by atoms with van der Waals surface area (Å²) in [5.41, 5.74) is 1.65. The maximum atomic E-state index is 12.7. The number of rotatable bonds is 3. The van der Waals surface area contributed by atoms with Crippen LogP contribution in [0.5, 0.6) is 0 Å². The van der Waals surface area contributed by atoms with Gasteiger partial charge in [0.05, 0.1) is 5.69 Å². The van der Waals surface area contributed by atoms with Crippen molar-refractivity contribution in [2.45, 2.75) is 64.2 Å². The molecule has 1 unspecified atom stereocenters. The molecule has 3 heterocycles. The first-order valence-electron chi connectivity index (χ1n) is 10.3. The second-order valence-corrected chi connectivity index (χ2v) is 9.07. The average molecular weight is 383 g/mol. The largest absolute Gasteiger partial charge is 0.370 e. The first-order valence-corrected chi connectivity index (χ1v) is 10.3. The van der Waals surface area contributed by atoms with Crippen molar-refractivity contribution in [2.24, 2.45) is 0 Å². The monoisotopic (exact) mass is 382 g/mol. The zero-order valence-corrected chi connectivity index (χ0v) is 17.3. The molecule has 0 aromatic carbocycles. The van der Waals surface area contributed by atoms with Crippen LogP contribution in [-0.4, -0.2) is 39.6 Å². The lowest BCUT2D eigenvalue weighted by atomic mass is 9.77. The Hall–Kier alpha value is -2.44. The van der Waals surface area contributed by atoms with Crippen molar-refractivity contribution in [3.8, 4) is 0 Å². The minimum atomic E-state index is -0.185. The van der Waals surface area contributed by atoms with Crippen LogP contribution in [0, 0.1) is 0 Å². The van der Waals surface area contributed by atoms with Crippen LogP contribution >= 0.6 is 0 Å². The van der Waals surface area contributed by atoms with Crippen LogP contribution in [0.4, 0.5) is 11.8 Å². The number of hydrogen-bond acceptors (Lipinski definition) is 6. The molecule has 1 saturated heterocycles. The predicted octanol–water partition coefficient (Wildman–Crippen LogP) is 2.77. The second kappa shape index (κ2) is 6.87. The van der Waals surface area contributed by atoms with Crippen LogP contribution in [0.3, 0.4) is 0 Å². The van der Waals surface area contributed by atoms with E-state index in [1.54, 1.807) is 0 Å². The van der Waals surface area contributed by atoms with Gasteiger partial charge in [0, 0.05) is 42.2 Å². The highest BCUT2D eigenvalue weighted by atomic mass is 16.1. The molecule has 7 heteroatoms. The summed E-state index contributed by atoms with van der Waals surface area (Å²) in [6.07, 6.45) is 5.69. The second-order valence-electron chi connectivity index (χ2n) is 9.07. The summed E-state index contributed by atoms with van der Waals surface area (Å²) in [5.74, 6) is 2.38. The minimum absolute atomic E-state index is 0.0364. The third-order valence-electron chi connectivity index (χ3n) is 5.94. The Morgan fingerprint density at radius 2 is 2.11 bits per heavy atom. The van der Waals surface area contributed by atoms with Crippen molar-refractivity contribution in [3.63, 3.8) is 0 Å². The van der Waals surface area contributed by atoms with Crippen molar-refractivity contribution >= 4 is 11.8 Å². The van der Waals surface area contributed by atoms with Crippen molar-refractivity contribution in [1.29, 1.82) is 0 Å². The Bertz CT molecular complexity index is 931. The molecular weight excluding hydrogens is 352 g/mol. The first kappa shape index (κ1) is 18.9. The van der Waals surface area contributed by atoms with Crippen LogP contribution in [0.15, 0.2) is 17.1 Å². The van der Waals surface area contributed by atoms with Crippen molar-refractivity contribution in [3.05, 3.63) is 39.7 Å². The molecule has 1 aliphatic carbocycles. The standard InChI is InChI=1S/C21H30N6O/c1-5-22-15-8-11-23-19(24-15)27-12-6-9-21(13-27)10-7-14-16(21)25-18(20(2,3)4)26-17(14)28/h8,11H,5-7,9-10,12-13H2,1-4H3,(H,22,23,24)(H,25,26,28). The molecule has 28 heavy (non-hydrogen) atoms. The SMILES string of the molecule is CCNc1ccnc(N2CCCC3(CCc4c3nc(C(C)(C)C)[nH]c4=O)C2)n1. The van der Waals surface area contributed by atoms with Gasteiger partial charge < -0.3 is 15.2 Å². The summed E-state index contributed by atoms with van der Waals surface area (Å²) in [6, 6.07) is 1.90. The van der Waals surface area contributed by atoms with E-state index in [2.05, 4.69) is 52.9 Å². The average Bonchev–Trinajstić information content (AvgIpc) is 3.00. The van der Waals surface area contributed by atoms with Crippen LogP contribution in [-0.2, 0) is 17.3 Å². The van der Waals surface area contributed by atoms with Crippen LogP contribution in [0.2, 0.25) is 0 Å². The fourth-order valence-electron chi connectivity index (χ4n) is 4.49. The molecule has 2 aromatic rings. The number of aromatic nitrogens is 4.